The number of aryl methyl sites for hydroxylation is 1. The summed E-state index contributed by atoms with van der Waals surface area (Å²) in [5.74, 6) is 0.715. The molecule has 1 rings (SSSR count). The van der Waals surface area contributed by atoms with E-state index in [1.165, 1.54) is 0 Å². The third-order valence-corrected chi connectivity index (χ3v) is 2.65. The third kappa shape index (κ3) is 2.50. The number of aromatic nitrogens is 1. The number of hydrogen-bond donors (Lipinski definition) is 0. The topological polar surface area (TPSA) is 49.1 Å². The monoisotopic (exact) mass is 219 g/mol. The van der Waals surface area contributed by atoms with Crippen molar-refractivity contribution in [2.75, 3.05) is 25.7 Å². The molecular formula is C12H17N3O. The van der Waals surface area contributed by atoms with Gasteiger partial charge in [-0.1, -0.05) is 0 Å². The molecule has 0 amide bonds. The normalized spacial score (nSPS) is 11.9. The minimum absolute atomic E-state index is 0.186. The van der Waals surface area contributed by atoms with Crippen molar-refractivity contribution in [1.82, 2.24) is 4.98 Å². The lowest BCUT2D eigenvalue weighted by atomic mass is 10.1. The summed E-state index contributed by atoms with van der Waals surface area (Å²) in [7, 11) is 3.59. The quantitative estimate of drug-likeness (QED) is 0.773. The van der Waals surface area contributed by atoms with Crippen LogP contribution in [0.3, 0.4) is 0 Å². The first kappa shape index (κ1) is 12.5. The predicted molar refractivity (Wildman–Crippen MR) is 63.4 cm³/mol. The van der Waals surface area contributed by atoms with E-state index in [0.717, 1.165) is 5.56 Å². The number of pyridine rings is 1. The van der Waals surface area contributed by atoms with Crippen LogP contribution in [-0.4, -0.2) is 31.8 Å². The van der Waals surface area contributed by atoms with Crippen molar-refractivity contribution in [1.29, 1.82) is 5.26 Å². The SMILES string of the molecule is COCC(C)N(C)c1nccc(C)c1C#N. The molecule has 0 bridgehead atoms. The van der Waals surface area contributed by atoms with Gasteiger partial charge in [-0.05, 0) is 25.5 Å². The van der Waals surface area contributed by atoms with E-state index in [0.29, 0.717) is 18.0 Å². The molecule has 0 fully saturated rings. The van der Waals surface area contributed by atoms with Crippen molar-refractivity contribution in [2.45, 2.75) is 19.9 Å². The maximum absolute atomic E-state index is 9.11. The van der Waals surface area contributed by atoms with E-state index in [-0.39, 0.29) is 6.04 Å². The highest BCUT2D eigenvalue weighted by molar-refractivity contribution is 5.57. The van der Waals surface area contributed by atoms with E-state index >= 15 is 0 Å². The van der Waals surface area contributed by atoms with Crippen LogP contribution in [-0.2, 0) is 4.74 Å². The number of hydrogen-bond acceptors (Lipinski definition) is 4. The highest BCUT2D eigenvalue weighted by Crippen LogP contribution is 2.20. The second kappa shape index (κ2) is 5.47. The van der Waals surface area contributed by atoms with Crippen LogP contribution in [0.4, 0.5) is 5.82 Å². The van der Waals surface area contributed by atoms with Gasteiger partial charge in [0.25, 0.3) is 0 Å². The molecular weight excluding hydrogens is 202 g/mol. The first-order valence-electron chi connectivity index (χ1n) is 5.19. The summed E-state index contributed by atoms with van der Waals surface area (Å²) >= 11 is 0. The Morgan fingerprint density at radius 1 is 1.62 bits per heavy atom. The molecule has 1 heterocycles. The number of nitrogens with zero attached hydrogens (tertiary/aromatic N) is 3. The largest absolute Gasteiger partial charge is 0.383 e. The molecule has 0 aromatic carbocycles. The highest BCUT2D eigenvalue weighted by atomic mass is 16.5. The Morgan fingerprint density at radius 2 is 2.31 bits per heavy atom. The van der Waals surface area contributed by atoms with Gasteiger partial charge in [-0.3, -0.25) is 0 Å². The Labute approximate surface area is 96.5 Å². The van der Waals surface area contributed by atoms with E-state index in [9.17, 15) is 0 Å². The summed E-state index contributed by atoms with van der Waals surface area (Å²) < 4.78 is 5.10. The number of methoxy groups -OCH3 is 1. The molecule has 0 aliphatic heterocycles. The average Bonchev–Trinajstić information content (AvgIpc) is 2.28. The number of rotatable bonds is 4. The molecule has 0 radical (unpaired) electrons. The lowest BCUT2D eigenvalue weighted by Crippen LogP contribution is -2.33. The molecule has 1 unspecified atom stereocenters. The van der Waals surface area contributed by atoms with E-state index in [1.807, 2.05) is 31.9 Å². The first-order chi connectivity index (χ1) is 7.61. The minimum Gasteiger partial charge on any atom is -0.383 e. The fourth-order valence-corrected chi connectivity index (χ4v) is 1.51. The van der Waals surface area contributed by atoms with Crippen molar-refractivity contribution in [2.24, 2.45) is 0 Å². The van der Waals surface area contributed by atoms with Crippen molar-refractivity contribution in [3.05, 3.63) is 23.4 Å². The Hall–Kier alpha value is -1.60. The van der Waals surface area contributed by atoms with Crippen LogP contribution >= 0.6 is 0 Å². The Kier molecular flexibility index (Phi) is 4.27. The van der Waals surface area contributed by atoms with Gasteiger partial charge in [-0.2, -0.15) is 5.26 Å². The molecule has 86 valence electrons. The Balaban J connectivity index is 3.04. The fourth-order valence-electron chi connectivity index (χ4n) is 1.51. The molecule has 16 heavy (non-hydrogen) atoms. The molecule has 0 N–H and O–H groups in total. The zero-order chi connectivity index (χ0) is 12.1. The highest BCUT2D eigenvalue weighted by Gasteiger charge is 2.15. The van der Waals surface area contributed by atoms with Crippen LogP contribution < -0.4 is 4.90 Å². The van der Waals surface area contributed by atoms with E-state index in [1.54, 1.807) is 13.3 Å². The van der Waals surface area contributed by atoms with Gasteiger partial charge in [-0.25, -0.2) is 4.98 Å². The van der Waals surface area contributed by atoms with Gasteiger partial charge in [-0.15, -0.1) is 0 Å². The van der Waals surface area contributed by atoms with E-state index < -0.39 is 0 Å². The molecule has 1 atom stereocenters. The van der Waals surface area contributed by atoms with Gasteiger partial charge >= 0.3 is 0 Å². The van der Waals surface area contributed by atoms with Crippen LogP contribution in [0.2, 0.25) is 0 Å². The summed E-state index contributed by atoms with van der Waals surface area (Å²) in [6.07, 6.45) is 1.72. The van der Waals surface area contributed by atoms with Crippen LogP contribution in [0.5, 0.6) is 0 Å². The minimum atomic E-state index is 0.186. The van der Waals surface area contributed by atoms with Crippen LogP contribution in [0.1, 0.15) is 18.1 Å². The zero-order valence-electron chi connectivity index (χ0n) is 10.2. The van der Waals surface area contributed by atoms with Crippen molar-refractivity contribution in [3.63, 3.8) is 0 Å². The molecule has 4 heteroatoms. The Bertz CT molecular complexity index is 398. The van der Waals surface area contributed by atoms with Crippen molar-refractivity contribution >= 4 is 5.82 Å². The zero-order valence-corrected chi connectivity index (χ0v) is 10.2. The number of nitriles is 1. The van der Waals surface area contributed by atoms with Crippen molar-refractivity contribution < 1.29 is 4.74 Å². The van der Waals surface area contributed by atoms with Gasteiger partial charge in [0.1, 0.15) is 11.9 Å². The summed E-state index contributed by atoms with van der Waals surface area (Å²) in [6, 6.07) is 4.23. The lowest BCUT2D eigenvalue weighted by molar-refractivity contribution is 0.183. The smallest absolute Gasteiger partial charge is 0.146 e. The summed E-state index contributed by atoms with van der Waals surface area (Å²) in [4.78, 5) is 6.23. The molecule has 0 spiro atoms. The maximum atomic E-state index is 9.11. The lowest BCUT2D eigenvalue weighted by Gasteiger charge is -2.26. The van der Waals surface area contributed by atoms with Gasteiger partial charge in [0, 0.05) is 20.4 Å². The molecule has 1 aromatic rings. The molecule has 0 saturated heterocycles. The van der Waals surface area contributed by atoms with Gasteiger partial charge < -0.3 is 9.64 Å². The van der Waals surface area contributed by atoms with Gasteiger partial charge in [0.15, 0.2) is 0 Å². The first-order valence-corrected chi connectivity index (χ1v) is 5.19. The maximum Gasteiger partial charge on any atom is 0.146 e. The van der Waals surface area contributed by atoms with Crippen molar-refractivity contribution in [3.8, 4) is 6.07 Å². The number of anilines is 1. The van der Waals surface area contributed by atoms with Crippen LogP contribution in [0, 0.1) is 18.3 Å². The van der Waals surface area contributed by atoms with E-state index in [2.05, 4.69) is 11.1 Å². The van der Waals surface area contributed by atoms with Crippen LogP contribution in [0.15, 0.2) is 12.3 Å². The number of likely N-dealkylation sites (N-methyl/N-ethyl adjacent to an activating group) is 1. The van der Waals surface area contributed by atoms with Crippen LogP contribution in [0.25, 0.3) is 0 Å². The molecule has 4 nitrogen and oxygen atoms in total. The summed E-state index contributed by atoms with van der Waals surface area (Å²) in [6.45, 7) is 4.56. The fraction of sp³-hybridized carbons (Fsp3) is 0.500. The molecule has 0 saturated carbocycles. The summed E-state index contributed by atoms with van der Waals surface area (Å²) in [5.41, 5.74) is 1.58. The van der Waals surface area contributed by atoms with E-state index in [4.69, 9.17) is 10.00 Å². The third-order valence-electron chi connectivity index (χ3n) is 2.65. The molecule has 1 aromatic heterocycles. The van der Waals surface area contributed by atoms with Gasteiger partial charge in [0.2, 0.25) is 0 Å². The number of ether oxygens (including phenoxy) is 1. The molecule has 0 aliphatic rings. The Morgan fingerprint density at radius 3 is 2.88 bits per heavy atom. The average molecular weight is 219 g/mol. The second-order valence-electron chi connectivity index (χ2n) is 3.85. The molecule has 0 aliphatic carbocycles. The predicted octanol–water partition coefficient (Wildman–Crippen LogP) is 1.73. The standard InChI is InChI=1S/C12H17N3O/c1-9-5-6-14-12(11(9)7-13)15(3)10(2)8-16-4/h5-6,10H,8H2,1-4H3. The summed E-state index contributed by atoms with van der Waals surface area (Å²) in [5, 5.41) is 9.11. The van der Waals surface area contributed by atoms with Gasteiger partial charge in [0.05, 0.1) is 18.2 Å². The second-order valence-corrected chi connectivity index (χ2v) is 3.85.